The minimum atomic E-state index is -0.247. The van der Waals surface area contributed by atoms with Gasteiger partial charge in [-0.05, 0) is 0 Å². The molecule has 2 atom stereocenters. The molecule has 0 aromatic carbocycles. The van der Waals surface area contributed by atoms with E-state index in [0.717, 1.165) is 26.2 Å². The van der Waals surface area contributed by atoms with Crippen molar-refractivity contribution in [3.05, 3.63) is 0 Å². The predicted molar refractivity (Wildman–Crippen MR) is 85.1 cm³/mol. The van der Waals surface area contributed by atoms with E-state index in [1.165, 1.54) is 4.90 Å². The molecule has 0 bridgehead atoms. The van der Waals surface area contributed by atoms with Crippen LogP contribution in [0.15, 0.2) is 0 Å². The van der Waals surface area contributed by atoms with Crippen LogP contribution in [-0.2, 0) is 14.4 Å². The molecule has 0 saturated carbocycles. The lowest BCUT2D eigenvalue weighted by molar-refractivity contribution is -0.140. The number of carbonyl (C=O) groups excluding carboxylic acids is 3. The van der Waals surface area contributed by atoms with Crippen LogP contribution in [-0.4, -0.2) is 85.3 Å². The van der Waals surface area contributed by atoms with Gasteiger partial charge in [-0.2, -0.15) is 0 Å². The average molecular weight is 353 g/mol. The number of piperazine rings is 1. The highest BCUT2D eigenvalue weighted by Gasteiger charge is 2.51. The fourth-order valence-electron chi connectivity index (χ4n) is 3.33. The van der Waals surface area contributed by atoms with Crippen LogP contribution in [0.4, 0.5) is 0 Å². The Kier molecular flexibility index (Phi) is 6.61. The van der Waals surface area contributed by atoms with E-state index in [9.17, 15) is 14.4 Å². The molecule has 0 radical (unpaired) electrons. The third-order valence-electron chi connectivity index (χ3n) is 4.52. The lowest BCUT2D eigenvalue weighted by Gasteiger charge is -2.29. The van der Waals surface area contributed by atoms with Crippen LogP contribution in [0.5, 0.6) is 0 Å². The predicted octanol–water partition coefficient (Wildman–Crippen LogP) is -1.19. The average Bonchev–Trinajstić information content (AvgIpc) is 2.96. The van der Waals surface area contributed by atoms with Crippen molar-refractivity contribution in [3.63, 3.8) is 0 Å². The van der Waals surface area contributed by atoms with Crippen molar-refractivity contribution in [2.75, 3.05) is 52.9 Å². The molecule has 3 saturated heterocycles. The van der Waals surface area contributed by atoms with E-state index in [2.05, 4.69) is 5.32 Å². The maximum Gasteiger partial charge on any atom is 0.236 e. The van der Waals surface area contributed by atoms with Crippen LogP contribution in [0.2, 0.25) is 0 Å². The van der Waals surface area contributed by atoms with E-state index in [4.69, 9.17) is 0 Å². The third-order valence-corrected chi connectivity index (χ3v) is 4.52. The number of imide groups is 1. The summed E-state index contributed by atoms with van der Waals surface area (Å²) in [4.78, 5) is 41.0. The molecular weight excluding hydrogens is 331 g/mol. The van der Waals surface area contributed by atoms with Crippen molar-refractivity contribution in [1.29, 1.82) is 0 Å². The molecule has 3 heterocycles. The van der Waals surface area contributed by atoms with Gasteiger partial charge in [-0.3, -0.25) is 24.2 Å². The monoisotopic (exact) mass is 352 g/mol. The van der Waals surface area contributed by atoms with E-state index in [1.54, 1.807) is 7.05 Å². The van der Waals surface area contributed by atoms with Crippen LogP contribution in [0.1, 0.15) is 0 Å². The summed E-state index contributed by atoms with van der Waals surface area (Å²) in [6.45, 7) is 4.50. The second-order valence-electron chi connectivity index (χ2n) is 5.77. The molecule has 3 fully saturated rings. The molecule has 0 aliphatic carbocycles. The lowest BCUT2D eigenvalue weighted by Crippen LogP contribution is -2.49. The van der Waals surface area contributed by atoms with Gasteiger partial charge in [0.1, 0.15) is 0 Å². The largest absolute Gasteiger partial charge is 0.339 e. The molecule has 0 aromatic heterocycles. The number of likely N-dealkylation sites (tertiary alicyclic amines) is 2. The maximum atomic E-state index is 12.2. The Bertz CT molecular complexity index is 433. The SMILES string of the molecule is CN1C(=O)[C@H]2CN(CC(=O)N3CCNCC3)C[C@H]2C1=O.Cl.Cl. The van der Waals surface area contributed by atoms with Crippen molar-refractivity contribution in [2.24, 2.45) is 11.8 Å². The first-order valence-electron chi connectivity index (χ1n) is 7.10. The van der Waals surface area contributed by atoms with Gasteiger partial charge < -0.3 is 10.2 Å². The minimum absolute atomic E-state index is 0. The highest BCUT2D eigenvalue weighted by molar-refractivity contribution is 6.05. The normalized spacial score (nSPS) is 28.2. The van der Waals surface area contributed by atoms with E-state index in [0.29, 0.717) is 19.6 Å². The molecule has 3 amide bonds. The summed E-state index contributed by atoms with van der Waals surface area (Å²) in [6, 6.07) is 0. The highest BCUT2D eigenvalue weighted by Crippen LogP contribution is 2.32. The molecule has 0 unspecified atom stereocenters. The van der Waals surface area contributed by atoms with E-state index in [1.807, 2.05) is 9.80 Å². The van der Waals surface area contributed by atoms with Gasteiger partial charge >= 0.3 is 0 Å². The standard InChI is InChI=1S/C13H20N4O3.2ClH/c1-15-12(19)9-6-16(7-10(9)13(15)20)8-11(18)17-4-2-14-3-5-17;;/h9-10,14H,2-8H2,1H3;2*1H/t9-,10+;;. The fourth-order valence-corrected chi connectivity index (χ4v) is 3.33. The van der Waals surface area contributed by atoms with Crippen molar-refractivity contribution in [2.45, 2.75) is 0 Å². The summed E-state index contributed by atoms with van der Waals surface area (Å²) in [5.41, 5.74) is 0. The lowest BCUT2D eigenvalue weighted by atomic mass is 10.00. The number of halogens is 2. The topological polar surface area (TPSA) is 73.0 Å². The highest BCUT2D eigenvalue weighted by atomic mass is 35.5. The summed E-state index contributed by atoms with van der Waals surface area (Å²) in [7, 11) is 1.54. The first-order valence-corrected chi connectivity index (χ1v) is 7.10. The van der Waals surface area contributed by atoms with Gasteiger partial charge in [0.05, 0.1) is 18.4 Å². The van der Waals surface area contributed by atoms with Crippen LogP contribution in [0.3, 0.4) is 0 Å². The second-order valence-corrected chi connectivity index (χ2v) is 5.77. The van der Waals surface area contributed by atoms with Crippen LogP contribution in [0.25, 0.3) is 0 Å². The molecule has 9 heteroatoms. The molecule has 0 aromatic rings. The maximum absolute atomic E-state index is 12.2. The number of nitrogens with zero attached hydrogens (tertiary/aromatic N) is 3. The molecule has 0 spiro atoms. The summed E-state index contributed by atoms with van der Waals surface area (Å²) in [5.74, 6) is -0.597. The summed E-state index contributed by atoms with van der Waals surface area (Å²) in [5, 5.41) is 3.21. The summed E-state index contributed by atoms with van der Waals surface area (Å²) in [6.07, 6.45) is 0. The Balaban J connectivity index is 0.00000121. The van der Waals surface area contributed by atoms with E-state index < -0.39 is 0 Å². The van der Waals surface area contributed by atoms with E-state index in [-0.39, 0.29) is 54.4 Å². The first-order chi connectivity index (χ1) is 9.58. The van der Waals surface area contributed by atoms with Gasteiger partial charge in [0.15, 0.2) is 0 Å². The van der Waals surface area contributed by atoms with Crippen molar-refractivity contribution >= 4 is 42.5 Å². The molecule has 3 rings (SSSR count). The van der Waals surface area contributed by atoms with Gasteiger partial charge in [0.2, 0.25) is 17.7 Å². The second kappa shape index (κ2) is 7.59. The molecule has 22 heavy (non-hydrogen) atoms. The molecule has 1 N–H and O–H groups in total. The number of carbonyl (C=O) groups is 3. The number of fused-ring (bicyclic) bond motifs is 1. The molecule has 3 aliphatic rings. The van der Waals surface area contributed by atoms with Crippen LogP contribution < -0.4 is 5.32 Å². The summed E-state index contributed by atoms with van der Waals surface area (Å²) < 4.78 is 0. The Morgan fingerprint density at radius 1 is 1.09 bits per heavy atom. The summed E-state index contributed by atoms with van der Waals surface area (Å²) >= 11 is 0. The fraction of sp³-hybridized carbons (Fsp3) is 0.769. The number of rotatable bonds is 2. The van der Waals surface area contributed by atoms with Crippen molar-refractivity contribution in [3.8, 4) is 0 Å². The Labute approximate surface area is 142 Å². The Morgan fingerprint density at radius 3 is 2.09 bits per heavy atom. The molecular formula is C13H22Cl2N4O3. The zero-order valence-electron chi connectivity index (χ0n) is 12.5. The Morgan fingerprint density at radius 2 is 1.59 bits per heavy atom. The number of hydrogen-bond acceptors (Lipinski definition) is 5. The van der Waals surface area contributed by atoms with Crippen LogP contribution in [0, 0.1) is 11.8 Å². The zero-order chi connectivity index (χ0) is 14.3. The third kappa shape index (κ3) is 3.37. The van der Waals surface area contributed by atoms with Gasteiger partial charge in [-0.1, -0.05) is 0 Å². The Hall–Kier alpha value is -0.890. The molecule has 7 nitrogen and oxygen atoms in total. The van der Waals surface area contributed by atoms with Gasteiger partial charge in [-0.15, -0.1) is 24.8 Å². The van der Waals surface area contributed by atoms with Gasteiger partial charge in [0.25, 0.3) is 0 Å². The van der Waals surface area contributed by atoms with Gasteiger partial charge in [-0.25, -0.2) is 0 Å². The number of nitrogens with one attached hydrogen (secondary N) is 1. The quantitative estimate of drug-likeness (QED) is 0.632. The smallest absolute Gasteiger partial charge is 0.236 e. The van der Waals surface area contributed by atoms with Crippen molar-refractivity contribution < 1.29 is 14.4 Å². The van der Waals surface area contributed by atoms with Crippen molar-refractivity contribution in [1.82, 2.24) is 20.0 Å². The van der Waals surface area contributed by atoms with Gasteiger partial charge in [0, 0.05) is 46.3 Å². The molecule has 3 aliphatic heterocycles. The number of hydrogen-bond donors (Lipinski definition) is 1. The number of amides is 3. The van der Waals surface area contributed by atoms with E-state index >= 15 is 0 Å². The molecule has 126 valence electrons. The van der Waals surface area contributed by atoms with Crippen LogP contribution >= 0.6 is 24.8 Å². The minimum Gasteiger partial charge on any atom is -0.339 e. The zero-order valence-corrected chi connectivity index (χ0v) is 14.1. The first kappa shape index (κ1) is 19.2.